The number of ether oxygens (including phenoxy) is 2. The molecule has 0 saturated carbocycles. The molecule has 0 unspecified atom stereocenters. The van der Waals surface area contributed by atoms with E-state index in [0.717, 1.165) is 5.56 Å². The molecule has 9 nitrogen and oxygen atoms in total. The van der Waals surface area contributed by atoms with Gasteiger partial charge in [0.2, 0.25) is 0 Å². The second-order valence-corrected chi connectivity index (χ2v) is 8.45. The van der Waals surface area contributed by atoms with Gasteiger partial charge in [0.1, 0.15) is 12.2 Å². The number of hydrogen-bond acceptors (Lipinski definition) is 6. The van der Waals surface area contributed by atoms with Crippen LogP contribution >= 0.6 is 0 Å². The average Bonchev–Trinajstić information content (AvgIpc) is 2.71. The van der Waals surface area contributed by atoms with Gasteiger partial charge in [-0.05, 0) is 26.3 Å². The van der Waals surface area contributed by atoms with Crippen molar-refractivity contribution >= 4 is 18.2 Å². The van der Waals surface area contributed by atoms with E-state index in [0.29, 0.717) is 0 Å². The van der Waals surface area contributed by atoms with E-state index in [4.69, 9.17) is 14.6 Å². The van der Waals surface area contributed by atoms with Crippen LogP contribution in [0.2, 0.25) is 0 Å². The zero-order chi connectivity index (χ0) is 23.9. The number of amides is 2. The fourth-order valence-corrected chi connectivity index (χ4v) is 3.04. The molecule has 1 aromatic carbocycles. The normalized spacial score (nSPS) is 17.1. The van der Waals surface area contributed by atoms with Crippen LogP contribution in [-0.4, -0.2) is 83.4 Å². The highest BCUT2D eigenvalue weighted by Crippen LogP contribution is 2.17. The van der Waals surface area contributed by atoms with Gasteiger partial charge in [-0.3, -0.25) is 0 Å². The number of rotatable bonds is 7. The zero-order valence-corrected chi connectivity index (χ0v) is 18.3. The van der Waals surface area contributed by atoms with Gasteiger partial charge in [-0.1, -0.05) is 30.3 Å². The first kappa shape index (κ1) is 25.3. The molecule has 178 valence electrons. The zero-order valence-electron chi connectivity index (χ0n) is 18.3. The number of benzene rings is 1. The second-order valence-electron chi connectivity index (χ2n) is 8.45. The highest BCUT2D eigenvalue weighted by atomic mass is 19.3. The van der Waals surface area contributed by atoms with Crippen LogP contribution in [0.1, 0.15) is 26.3 Å². The van der Waals surface area contributed by atoms with Crippen molar-refractivity contribution < 1.29 is 37.7 Å². The summed E-state index contributed by atoms with van der Waals surface area (Å²) in [4.78, 5) is 38.4. The molecule has 0 aliphatic carbocycles. The maximum atomic E-state index is 13.4. The summed E-state index contributed by atoms with van der Waals surface area (Å²) in [5.74, 6) is -6.21. The van der Waals surface area contributed by atoms with Gasteiger partial charge in [0, 0.05) is 26.2 Å². The van der Waals surface area contributed by atoms with Crippen molar-refractivity contribution in [1.82, 2.24) is 15.1 Å². The monoisotopic (exact) mass is 457 g/mol. The summed E-state index contributed by atoms with van der Waals surface area (Å²) in [6, 6.07) is 8.30. The number of halogens is 2. The van der Waals surface area contributed by atoms with E-state index in [1.165, 1.54) is 9.80 Å². The van der Waals surface area contributed by atoms with E-state index in [1.807, 2.05) is 6.07 Å². The molecule has 0 bridgehead atoms. The van der Waals surface area contributed by atoms with Gasteiger partial charge in [-0.25, -0.2) is 14.4 Å². The molecule has 1 aliphatic heterocycles. The van der Waals surface area contributed by atoms with Gasteiger partial charge in [0.15, 0.2) is 0 Å². The highest BCUT2D eigenvalue weighted by molar-refractivity contribution is 5.75. The molecule has 1 aliphatic rings. The molecule has 11 heteroatoms. The van der Waals surface area contributed by atoms with E-state index in [1.54, 1.807) is 45.0 Å². The number of nitrogens with zero attached hydrogens (tertiary/aromatic N) is 2. The summed E-state index contributed by atoms with van der Waals surface area (Å²) < 4.78 is 37.5. The number of piperazine rings is 1. The Kier molecular flexibility index (Phi) is 8.37. The summed E-state index contributed by atoms with van der Waals surface area (Å²) in [7, 11) is 0. The Labute approximate surface area is 185 Å². The highest BCUT2D eigenvalue weighted by Gasteiger charge is 2.40. The van der Waals surface area contributed by atoms with Crippen molar-refractivity contribution in [2.75, 3.05) is 32.7 Å². The minimum atomic E-state index is -3.96. The topological polar surface area (TPSA) is 108 Å². The van der Waals surface area contributed by atoms with E-state index in [9.17, 15) is 23.2 Å². The molecule has 1 heterocycles. The number of carbonyl (C=O) groups is 3. The number of carboxylic acids is 1. The fraction of sp³-hybridized carbons (Fsp3) is 0.571. The summed E-state index contributed by atoms with van der Waals surface area (Å²) in [5, 5.41) is 11.0. The molecule has 0 aromatic heterocycles. The van der Waals surface area contributed by atoms with Crippen LogP contribution < -0.4 is 5.32 Å². The lowest BCUT2D eigenvalue weighted by atomic mass is 10.1. The maximum absolute atomic E-state index is 13.4. The predicted octanol–water partition coefficient (Wildman–Crippen LogP) is 2.55. The van der Waals surface area contributed by atoms with Crippen molar-refractivity contribution in [1.29, 1.82) is 0 Å². The van der Waals surface area contributed by atoms with E-state index in [-0.39, 0.29) is 32.8 Å². The third kappa shape index (κ3) is 7.63. The molecule has 2 rings (SSSR count). The van der Waals surface area contributed by atoms with Crippen LogP contribution in [0, 0.1) is 0 Å². The Morgan fingerprint density at radius 2 is 1.78 bits per heavy atom. The fourth-order valence-electron chi connectivity index (χ4n) is 3.04. The lowest BCUT2D eigenvalue weighted by Crippen LogP contribution is -2.60. The maximum Gasteiger partial charge on any atom is 0.410 e. The molecule has 1 fully saturated rings. The summed E-state index contributed by atoms with van der Waals surface area (Å²) in [6.07, 6.45) is -1.25. The molecule has 1 atom stereocenters. The van der Waals surface area contributed by atoms with Crippen molar-refractivity contribution in [3.63, 3.8) is 0 Å². The standard InChI is InChI=1S/C21H29F2N3O6/c1-20(2,3)32-18(29)25-9-10-26(19(30)31-13-15-7-5-4-6-8-15)16(12-25)11-24-14-21(22,23)17(27)28/h4-8,16,24H,9-14H2,1-3H3,(H,27,28)/t16-/m1/s1. The number of nitrogens with one attached hydrogen (secondary N) is 1. The van der Waals surface area contributed by atoms with Crippen molar-refractivity contribution in [2.24, 2.45) is 0 Å². The molecule has 32 heavy (non-hydrogen) atoms. The number of hydrogen-bond donors (Lipinski definition) is 2. The average molecular weight is 457 g/mol. The first-order valence-electron chi connectivity index (χ1n) is 10.2. The largest absolute Gasteiger partial charge is 0.477 e. The van der Waals surface area contributed by atoms with Crippen molar-refractivity contribution in [3.05, 3.63) is 35.9 Å². The van der Waals surface area contributed by atoms with Crippen LogP contribution in [0.5, 0.6) is 0 Å². The molecule has 0 spiro atoms. The minimum absolute atomic E-state index is 0.0149. The van der Waals surface area contributed by atoms with Gasteiger partial charge >= 0.3 is 24.1 Å². The van der Waals surface area contributed by atoms with E-state index < -0.39 is 42.3 Å². The lowest BCUT2D eigenvalue weighted by molar-refractivity contribution is -0.164. The predicted molar refractivity (Wildman–Crippen MR) is 110 cm³/mol. The van der Waals surface area contributed by atoms with E-state index >= 15 is 0 Å². The van der Waals surface area contributed by atoms with Crippen LogP contribution in [0.15, 0.2) is 30.3 Å². The SMILES string of the molecule is CC(C)(C)OC(=O)N1CCN(C(=O)OCc2ccccc2)[C@H](CNCC(F)(F)C(=O)O)C1. The quantitative estimate of drug-likeness (QED) is 0.648. The molecule has 2 amide bonds. The van der Waals surface area contributed by atoms with Crippen LogP contribution in [0.4, 0.5) is 18.4 Å². The molecular weight excluding hydrogens is 428 g/mol. The summed E-state index contributed by atoms with van der Waals surface area (Å²) in [6.45, 7) is 4.20. The smallest absolute Gasteiger partial charge is 0.410 e. The lowest BCUT2D eigenvalue weighted by Gasteiger charge is -2.41. The molecular formula is C21H29F2N3O6. The van der Waals surface area contributed by atoms with Gasteiger partial charge in [0.05, 0.1) is 12.6 Å². The Morgan fingerprint density at radius 1 is 1.12 bits per heavy atom. The van der Waals surface area contributed by atoms with Crippen LogP contribution in [0.25, 0.3) is 0 Å². The van der Waals surface area contributed by atoms with Crippen LogP contribution in [-0.2, 0) is 20.9 Å². The number of carboxylic acid groups (broad SMARTS) is 1. The molecule has 0 radical (unpaired) electrons. The van der Waals surface area contributed by atoms with Gasteiger partial charge in [0.25, 0.3) is 0 Å². The second kappa shape index (κ2) is 10.6. The molecule has 2 N–H and O–H groups in total. The number of alkyl halides is 2. The Balaban J connectivity index is 2.04. The van der Waals surface area contributed by atoms with Gasteiger partial charge in [-0.2, -0.15) is 8.78 Å². The summed E-state index contributed by atoms with van der Waals surface area (Å²) >= 11 is 0. The third-order valence-electron chi connectivity index (χ3n) is 4.61. The number of carbonyl (C=O) groups excluding carboxylic acids is 2. The first-order valence-corrected chi connectivity index (χ1v) is 10.2. The Morgan fingerprint density at radius 3 is 2.38 bits per heavy atom. The summed E-state index contributed by atoms with van der Waals surface area (Å²) in [5.41, 5.74) is 0.0594. The third-order valence-corrected chi connectivity index (χ3v) is 4.61. The first-order chi connectivity index (χ1) is 14.9. The van der Waals surface area contributed by atoms with Gasteiger partial charge < -0.3 is 29.7 Å². The minimum Gasteiger partial charge on any atom is -0.477 e. The molecule has 1 saturated heterocycles. The molecule has 1 aromatic rings. The van der Waals surface area contributed by atoms with E-state index in [2.05, 4.69) is 5.32 Å². The van der Waals surface area contributed by atoms with Gasteiger partial charge in [-0.15, -0.1) is 0 Å². The Hall–Kier alpha value is -2.95. The van der Waals surface area contributed by atoms with Crippen LogP contribution in [0.3, 0.4) is 0 Å². The number of aliphatic carboxylic acids is 1. The van der Waals surface area contributed by atoms with Crippen molar-refractivity contribution in [3.8, 4) is 0 Å². The Bertz CT molecular complexity index is 800. The van der Waals surface area contributed by atoms with Crippen molar-refractivity contribution in [2.45, 2.75) is 44.9 Å².